The van der Waals surface area contributed by atoms with Crippen LogP contribution in [0.3, 0.4) is 0 Å². The molecule has 3 aromatic rings. The van der Waals surface area contributed by atoms with Crippen LogP contribution in [0.25, 0.3) is 11.3 Å². The van der Waals surface area contributed by atoms with Crippen molar-refractivity contribution in [2.24, 2.45) is 5.41 Å². The molecule has 2 fully saturated rings. The van der Waals surface area contributed by atoms with Crippen molar-refractivity contribution in [1.29, 1.82) is 5.26 Å². The monoisotopic (exact) mass is 422 g/mol. The number of hydrogen-bond donors (Lipinski definition) is 1. The Bertz CT molecular complexity index is 1170. The zero-order valence-corrected chi connectivity index (χ0v) is 16.9. The van der Waals surface area contributed by atoms with E-state index in [-0.39, 0.29) is 12.2 Å². The summed E-state index contributed by atoms with van der Waals surface area (Å²) in [4.78, 5) is 8.71. The molecular formula is C22H20F2N6O. The zero-order valence-electron chi connectivity index (χ0n) is 16.9. The van der Waals surface area contributed by atoms with Gasteiger partial charge < -0.3 is 10.1 Å². The summed E-state index contributed by atoms with van der Waals surface area (Å²) < 4.78 is 36.5. The van der Waals surface area contributed by atoms with Gasteiger partial charge in [-0.05, 0) is 50.3 Å². The molecule has 1 N–H and O–H groups in total. The molecule has 158 valence electrons. The average molecular weight is 422 g/mol. The number of ether oxygens (including phenoxy) is 1. The standard InChI is InChI=1S/C22H20F2N6O/c1-13-8-26-21(28-15-9-27-30(10-15)16-2-3-16)29-19(13)14-6-17(23)20(18(24)7-14)31-12-22(11-25)4-5-22/h6-10,16H,2-5,12H2,1H3,(H,26,28,29). The van der Waals surface area contributed by atoms with E-state index in [1.807, 2.05) is 10.9 Å². The van der Waals surface area contributed by atoms with E-state index in [0.717, 1.165) is 18.5 Å². The summed E-state index contributed by atoms with van der Waals surface area (Å²) in [5.74, 6) is -1.83. The van der Waals surface area contributed by atoms with E-state index in [1.54, 1.807) is 19.3 Å². The molecule has 2 saturated carbocycles. The molecule has 31 heavy (non-hydrogen) atoms. The lowest BCUT2D eigenvalue weighted by molar-refractivity contribution is 0.245. The number of benzene rings is 1. The van der Waals surface area contributed by atoms with Crippen LogP contribution in [0.4, 0.5) is 20.4 Å². The van der Waals surface area contributed by atoms with E-state index in [1.165, 1.54) is 12.1 Å². The van der Waals surface area contributed by atoms with Gasteiger partial charge in [-0.25, -0.2) is 18.7 Å². The summed E-state index contributed by atoms with van der Waals surface area (Å²) in [5, 5.41) is 16.5. The maximum absolute atomic E-state index is 14.6. The van der Waals surface area contributed by atoms with Crippen molar-refractivity contribution in [3.05, 3.63) is 47.9 Å². The Morgan fingerprint density at radius 2 is 2.00 bits per heavy atom. The molecule has 5 rings (SSSR count). The summed E-state index contributed by atoms with van der Waals surface area (Å²) in [7, 11) is 0. The largest absolute Gasteiger partial charge is 0.486 e. The van der Waals surface area contributed by atoms with E-state index >= 15 is 0 Å². The highest BCUT2D eigenvalue weighted by molar-refractivity contribution is 5.66. The molecule has 0 bridgehead atoms. The van der Waals surface area contributed by atoms with Crippen LogP contribution in [0.1, 0.15) is 37.3 Å². The lowest BCUT2D eigenvalue weighted by atomic mass is 10.1. The molecule has 7 nitrogen and oxygen atoms in total. The number of nitriles is 1. The first-order chi connectivity index (χ1) is 15.0. The van der Waals surface area contributed by atoms with Crippen LogP contribution in [0.2, 0.25) is 0 Å². The van der Waals surface area contributed by atoms with Crippen LogP contribution in [-0.2, 0) is 0 Å². The summed E-state index contributed by atoms with van der Waals surface area (Å²) in [5.41, 5.74) is 1.49. The Balaban J connectivity index is 1.38. The highest BCUT2D eigenvalue weighted by Gasteiger charge is 2.44. The Morgan fingerprint density at radius 1 is 1.26 bits per heavy atom. The van der Waals surface area contributed by atoms with Crippen molar-refractivity contribution in [3.8, 4) is 23.1 Å². The summed E-state index contributed by atoms with van der Waals surface area (Å²) in [6.45, 7) is 1.75. The van der Waals surface area contributed by atoms with Crippen LogP contribution in [-0.4, -0.2) is 26.4 Å². The van der Waals surface area contributed by atoms with Gasteiger partial charge in [0.15, 0.2) is 17.4 Å². The molecule has 0 radical (unpaired) electrons. The van der Waals surface area contributed by atoms with E-state index in [0.29, 0.717) is 36.1 Å². The molecule has 0 saturated heterocycles. The number of hydrogen-bond acceptors (Lipinski definition) is 6. The summed E-state index contributed by atoms with van der Waals surface area (Å²) >= 11 is 0. The third-order valence-corrected chi connectivity index (χ3v) is 5.61. The number of aryl methyl sites for hydroxylation is 1. The molecule has 2 aliphatic carbocycles. The summed E-state index contributed by atoms with van der Waals surface area (Å²) in [6, 6.07) is 4.98. The Morgan fingerprint density at radius 3 is 2.65 bits per heavy atom. The number of aromatic nitrogens is 4. The second kappa shape index (κ2) is 7.30. The van der Waals surface area contributed by atoms with Gasteiger partial charge in [0.1, 0.15) is 6.61 Å². The highest BCUT2D eigenvalue weighted by Crippen LogP contribution is 2.45. The lowest BCUT2D eigenvalue weighted by Gasteiger charge is -2.13. The van der Waals surface area contributed by atoms with Crippen molar-refractivity contribution in [1.82, 2.24) is 19.7 Å². The average Bonchev–Trinajstić information content (AvgIpc) is 3.68. The quantitative estimate of drug-likeness (QED) is 0.594. The topological polar surface area (TPSA) is 88.7 Å². The number of nitrogens with one attached hydrogen (secondary N) is 1. The summed E-state index contributed by atoms with van der Waals surface area (Å²) in [6.07, 6.45) is 8.79. The van der Waals surface area contributed by atoms with Gasteiger partial charge in [0.25, 0.3) is 0 Å². The Kier molecular flexibility index (Phi) is 4.58. The normalized spacial score (nSPS) is 16.6. The fourth-order valence-corrected chi connectivity index (χ4v) is 3.35. The number of halogens is 2. The maximum Gasteiger partial charge on any atom is 0.227 e. The van der Waals surface area contributed by atoms with Gasteiger partial charge in [0.2, 0.25) is 5.95 Å². The maximum atomic E-state index is 14.6. The highest BCUT2D eigenvalue weighted by atomic mass is 19.1. The van der Waals surface area contributed by atoms with Crippen molar-refractivity contribution >= 4 is 11.6 Å². The lowest BCUT2D eigenvalue weighted by Crippen LogP contribution is -2.12. The second-order valence-corrected chi connectivity index (χ2v) is 8.24. The fraction of sp³-hybridized carbons (Fsp3) is 0.364. The fourth-order valence-electron chi connectivity index (χ4n) is 3.35. The van der Waals surface area contributed by atoms with Crippen LogP contribution >= 0.6 is 0 Å². The van der Waals surface area contributed by atoms with Gasteiger partial charge in [-0.15, -0.1) is 0 Å². The molecule has 9 heteroatoms. The van der Waals surface area contributed by atoms with Gasteiger partial charge in [0.05, 0.1) is 35.1 Å². The van der Waals surface area contributed by atoms with Gasteiger partial charge in [-0.3, -0.25) is 4.68 Å². The van der Waals surface area contributed by atoms with E-state index in [2.05, 4.69) is 26.5 Å². The number of rotatable bonds is 7. The van der Waals surface area contributed by atoms with E-state index in [9.17, 15) is 8.78 Å². The van der Waals surface area contributed by atoms with Crippen LogP contribution in [0, 0.1) is 35.3 Å². The van der Waals surface area contributed by atoms with Gasteiger partial charge in [-0.1, -0.05) is 0 Å². The van der Waals surface area contributed by atoms with Gasteiger partial charge >= 0.3 is 0 Å². The molecule has 0 aliphatic heterocycles. The molecule has 2 aliphatic rings. The first-order valence-electron chi connectivity index (χ1n) is 10.1. The van der Waals surface area contributed by atoms with E-state index in [4.69, 9.17) is 10.00 Å². The number of anilines is 2. The Hall–Kier alpha value is -3.54. The van der Waals surface area contributed by atoms with Crippen molar-refractivity contribution < 1.29 is 13.5 Å². The van der Waals surface area contributed by atoms with Crippen LogP contribution in [0.15, 0.2) is 30.7 Å². The SMILES string of the molecule is Cc1cnc(Nc2cnn(C3CC3)c2)nc1-c1cc(F)c(OCC2(C#N)CC2)c(F)c1. The second-order valence-electron chi connectivity index (χ2n) is 8.24. The van der Waals surface area contributed by atoms with Crippen molar-refractivity contribution in [3.63, 3.8) is 0 Å². The molecule has 0 atom stereocenters. The minimum Gasteiger partial charge on any atom is -0.486 e. The molecule has 0 spiro atoms. The predicted molar refractivity (Wildman–Crippen MR) is 109 cm³/mol. The number of nitrogens with zero attached hydrogens (tertiary/aromatic N) is 5. The first kappa shape index (κ1) is 19.4. The van der Waals surface area contributed by atoms with E-state index < -0.39 is 22.8 Å². The van der Waals surface area contributed by atoms with Crippen molar-refractivity contribution in [2.75, 3.05) is 11.9 Å². The third kappa shape index (κ3) is 3.93. The molecule has 0 amide bonds. The molecule has 2 heterocycles. The van der Waals surface area contributed by atoms with Gasteiger partial charge in [0, 0.05) is 18.0 Å². The van der Waals surface area contributed by atoms with Crippen molar-refractivity contribution in [2.45, 2.75) is 38.6 Å². The molecular weight excluding hydrogens is 402 g/mol. The minimum absolute atomic E-state index is 0.0220. The Labute approximate surface area is 177 Å². The molecule has 0 unspecified atom stereocenters. The van der Waals surface area contributed by atoms with Crippen LogP contribution < -0.4 is 10.1 Å². The van der Waals surface area contributed by atoms with Gasteiger partial charge in [-0.2, -0.15) is 10.4 Å². The smallest absolute Gasteiger partial charge is 0.227 e. The predicted octanol–water partition coefficient (Wildman–Crippen LogP) is 4.69. The third-order valence-electron chi connectivity index (χ3n) is 5.61. The molecule has 2 aromatic heterocycles. The zero-order chi connectivity index (χ0) is 21.6. The van der Waals surface area contributed by atoms with Crippen LogP contribution in [0.5, 0.6) is 5.75 Å². The minimum atomic E-state index is -0.832. The first-order valence-corrected chi connectivity index (χ1v) is 10.1. The molecule has 1 aromatic carbocycles.